The number of anilines is 1. The molecule has 0 atom stereocenters. The molecular weight excluding hydrogens is 372 g/mol. The minimum absolute atomic E-state index is 0.0547. The summed E-state index contributed by atoms with van der Waals surface area (Å²) in [6, 6.07) is 7.40. The van der Waals surface area contributed by atoms with Crippen molar-refractivity contribution in [2.24, 2.45) is 0 Å². The third kappa shape index (κ3) is 7.19. The first-order chi connectivity index (χ1) is 13.7. The molecule has 0 saturated heterocycles. The Hall–Kier alpha value is -2.02. The summed E-state index contributed by atoms with van der Waals surface area (Å²) in [4.78, 5) is 12.3. The van der Waals surface area contributed by atoms with Gasteiger partial charge in [-0.25, -0.2) is 0 Å². The van der Waals surface area contributed by atoms with Gasteiger partial charge >= 0.3 is 0 Å². The normalized spacial score (nSPS) is 10.8. The first-order valence-electron chi connectivity index (χ1n) is 10.3. The Morgan fingerprint density at radius 3 is 2.50 bits per heavy atom. The first kappa shape index (κ1) is 22.3. The fourth-order valence-corrected chi connectivity index (χ4v) is 3.76. The third-order valence-corrected chi connectivity index (χ3v) is 5.36. The van der Waals surface area contributed by atoms with Crippen LogP contribution in [0.4, 0.5) is 5.69 Å². The molecule has 0 bridgehead atoms. The van der Waals surface area contributed by atoms with Crippen LogP contribution in [0.2, 0.25) is 0 Å². The van der Waals surface area contributed by atoms with Gasteiger partial charge in [-0.1, -0.05) is 44.4 Å². The number of nitrogens with one attached hydrogen (secondary N) is 1. The van der Waals surface area contributed by atoms with E-state index in [0.29, 0.717) is 12.4 Å². The summed E-state index contributed by atoms with van der Waals surface area (Å²) >= 11 is 1.43. The molecule has 0 radical (unpaired) electrons. The molecule has 7 heteroatoms. The molecule has 2 aromatic rings. The van der Waals surface area contributed by atoms with Crippen LogP contribution >= 0.6 is 11.8 Å². The number of aryl methyl sites for hydroxylation is 1. The number of aromatic nitrogens is 3. The maximum absolute atomic E-state index is 12.3. The fourth-order valence-electron chi connectivity index (χ4n) is 2.94. The molecular formula is C21H32N4O2S. The third-order valence-electron chi connectivity index (χ3n) is 4.40. The molecule has 0 aliphatic rings. The largest absolute Gasteiger partial charge is 0.494 e. The molecule has 0 spiro atoms. The molecule has 28 heavy (non-hydrogen) atoms. The van der Waals surface area contributed by atoms with Crippen molar-refractivity contribution in [1.29, 1.82) is 0 Å². The average Bonchev–Trinajstić information content (AvgIpc) is 3.10. The van der Waals surface area contributed by atoms with Gasteiger partial charge in [0, 0.05) is 18.7 Å². The van der Waals surface area contributed by atoms with E-state index >= 15 is 0 Å². The molecule has 2 rings (SSSR count). The number of carbonyl (C=O) groups is 1. The Kier molecular flexibility index (Phi) is 9.90. The predicted molar refractivity (Wildman–Crippen MR) is 115 cm³/mol. The van der Waals surface area contributed by atoms with E-state index in [1.807, 2.05) is 31.2 Å². The van der Waals surface area contributed by atoms with Crippen LogP contribution in [0.3, 0.4) is 0 Å². The Balaban J connectivity index is 1.81. The number of rotatable bonds is 13. The molecule has 1 N–H and O–H groups in total. The molecule has 1 aromatic carbocycles. The summed E-state index contributed by atoms with van der Waals surface area (Å²) in [7, 11) is 0. The van der Waals surface area contributed by atoms with Crippen LogP contribution in [0.1, 0.15) is 58.7 Å². The van der Waals surface area contributed by atoms with Gasteiger partial charge in [-0.3, -0.25) is 4.79 Å². The molecule has 1 heterocycles. The van der Waals surface area contributed by atoms with E-state index in [2.05, 4.69) is 33.9 Å². The summed E-state index contributed by atoms with van der Waals surface area (Å²) in [5, 5.41) is 12.4. The Labute approximate surface area is 172 Å². The number of nitrogens with zero attached hydrogens (tertiary/aromatic N) is 3. The van der Waals surface area contributed by atoms with Crippen LogP contribution < -0.4 is 10.1 Å². The molecule has 0 aliphatic carbocycles. The smallest absolute Gasteiger partial charge is 0.234 e. The number of hydrogen-bond donors (Lipinski definition) is 1. The van der Waals surface area contributed by atoms with Crippen molar-refractivity contribution in [3.63, 3.8) is 0 Å². The average molecular weight is 405 g/mol. The zero-order valence-corrected chi connectivity index (χ0v) is 18.1. The van der Waals surface area contributed by atoms with Crippen LogP contribution in [0.5, 0.6) is 5.75 Å². The van der Waals surface area contributed by atoms with E-state index in [9.17, 15) is 4.79 Å². The fraction of sp³-hybridized carbons (Fsp3) is 0.571. The Morgan fingerprint density at radius 2 is 1.82 bits per heavy atom. The van der Waals surface area contributed by atoms with Gasteiger partial charge < -0.3 is 14.6 Å². The summed E-state index contributed by atoms with van der Waals surface area (Å²) < 4.78 is 7.53. The molecule has 0 aliphatic heterocycles. The molecule has 0 saturated carbocycles. The number of benzene rings is 1. The zero-order valence-electron chi connectivity index (χ0n) is 17.2. The van der Waals surface area contributed by atoms with E-state index < -0.39 is 0 Å². The number of hydrogen-bond acceptors (Lipinski definition) is 5. The quantitative estimate of drug-likeness (QED) is 0.378. The van der Waals surface area contributed by atoms with Crippen LogP contribution in [0.15, 0.2) is 29.4 Å². The van der Waals surface area contributed by atoms with Gasteiger partial charge in [0.05, 0.1) is 12.4 Å². The lowest BCUT2D eigenvalue weighted by molar-refractivity contribution is -0.113. The minimum atomic E-state index is -0.0547. The highest BCUT2D eigenvalue weighted by Gasteiger charge is 2.13. The van der Waals surface area contributed by atoms with Crippen LogP contribution in [-0.2, 0) is 17.8 Å². The van der Waals surface area contributed by atoms with Crippen molar-refractivity contribution in [1.82, 2.24) is 14.8 Å². The van der Waals surface area contributed by atoms with E-state index in [-0.39, 0.29) is 5.91 Å². The van der Waals surface area contributed by atoms with Gasteiger partial charge in [0.2, 0.25) is 5.91 Å². The summed E-state index contributed by atoms with van der Waals surface area (Å²) in [6.45, 7) is 7.71. The molecule has 0 fully saturated rings. The predicted octanol–water partition coefficient (Wildman–Crippen LogP) is 4.94. The van der Waals surface area contributed by atoms with Crippen molar-refractivity contribution in [2.45, 2.75) is 71.0 Å². The van der Waals surface area contributed by atoms with Crippen molar-refractivity contribution >= 4 is 23.4 Å². The second kappa shape index (κ2) is 12.4. The number of amides is 1. The van der Waals surface area contributed by atoms with Crippen molar-refractivity contribution in [3.05, 3.63) is 30.1 Å². The van der Waals surface area contributed by atoms with Crippen molar-refractivity contribution in [3.8, 4) is 5.75 Å². The molecule has 1 aromatic heterocycles. The lowest BCUT2D eigenvalue weighted by Crippen LogP contribution is -2.14. The minimum Gasteiger partial charge on any atom is -0.494 e. The number of thioether (sulfide) groups is 1. The van der Waals surface area contributed by atoms with Gasteiger partial charge in [-0.2, -0.15) is 0 Å². The van der Waals surface area contributed by atoms with E-state index in [4.69, 9.17) is 4.74 Å². The van der Waals surface area contributed by atoms with Gasteiger partial charge in [0.1, 0.15) is 11.6 Å². The lowest BCUT2D eigenvalue weighted by atomic mass is 10.1. The number of carbonyl (C=O) groups excluding carboxylic acids is 1. The summed E-state index contributed by atoms with van der Waals surface area (Å²) in [5.74, 6) is 2.07. The summed E-state index contributed by atoms with van der Waals surface area (Å²) in [5.41, 5.74) is 0.763. The maximum Gasteiger partial charge on any atom is 0.234 e. The topological polar surface area (TPSA) is 69.0 Å². The van der Waals surface area contributed by atoms with Crippen LogP contribution in [0.25, 0.3) is 0 Å². The Morgan fingerprint density at radius 1 is 1.07 bits per heavy atom. The second-order valence-corrected chi connectivity index (χ2v) is 7.54. The van der Waals surface area contributed by atoms with Gasteiger partial charge in [0.15, 0.2) is 5.16 Å². The molecule has 0 unspecified atom stereocenters. The Bertz CT molecular complexity index is 716. The maximum atomic E-state index is 12.3. The standard InChI is InChI=1S/C21H32N4O2S/c1-4-7-8-9-10-11-19-23-24-21(25(19)5-2)28-16-20(26)22-17-12-14-18(15-13-17)27-6-3/h12-15H,4-11,16H2,1-3H3,(H,22,26). The highest BCUT2D eigenvalue weighted by molar-refractivity contribution is 7.99. The van der Waals surface area contributed by atoms with E-state index in [1.54, 1.807) is 0 Å². The first-order valence-corrected chi connectivity index (χ1v) is 11.2. The number of ether oxygens (including phenoxy) is 1. The molecule has 154 valence electrons. The van der Waals surface area contributed by atoms with Crippen molar-refractivity contribution in [2.75, 3.05) is 17.7 Å². The zero-order chi connectivity index (χ0) is 20.2. The SMILES string of the molecule is CCCCCCCc1nnc(SCC(=O)Nc2ccc(OCC)cc2)n1CC. The van der Waals surface area contributed by atoms with Crippen LogP contribution in [0, 0.1) is 0 Å². The number of unbranched alkanes of at least 4 members (excludes halogenated alkanes) is 4. The molecule has 1 amide bonds. The molecule has 6 nitrogen and oxygen atoms in total. The van der Waals surface area contributed by atoms with Gasteiger partial charge in [-0.05, 0) is 44.5 Å². The summed E-state index contributed by atoms with van der Waals surface area (Å²) in [6.07, 6.45) is 7.15. The monoisotopic (exact) mass is 404 g/mol. The van der Waals surface area contributed by atoms with Crippen molar-refractivity contribution < 1.29 is 9.53 Å². The highest BCUT2D eigenvalue weighted by Crippen LogP contribution is 2.20. The van der Waals surface area contributed by atoms with Crippen LogP contribution in [-0.4, -0.2) is 33.0 Å². The van der Waals surface area contributed by atoms with Gasteiger partial charge in [0.25, 0.3) is 0 Å². The lowest BCUT2D eigenvalue weighted by Gasteiger charge is -2.08. The second-order valence-electron chi connectivity index (χ2n) is 6.60. The highest BCUT2D eigenvalue weighted by atomic mass is 32.2. The van der Waals surface area contributed by atoms with E-state index in [1.165, 1.54) is 37.4 Å². The van der Waals surface area contributed by atoms with E-state index in [0.717, 1.165) is 41.8 Å². The van der Waals surface area contributed by atoms with Gasteiger partial charge in [-0.15, -0.1) is 10.2 Å².